The van der Waals surface area contributed by atoms with E-state index in [1.165, 1.54) is 23.3 Å². The molecule has 2 aromatic heterocycles. The Labute approximate surface area is 169 Å². The number of hydrogen-bond donors (Lipinski definition) is 1. The molecule has 1 atom stereocenters. The number of benzene rings is 1. The van der Waals surface area contributed by atoms with Gasteiger partial charge < -0.3 is 5.32 Å². The zero-order chi connectivity index (χ0) is 19.1. The Morgan fingerprint density at radius 2 is 2.07 bits per heavy atom. The molecule has 5 rings (SSSR count). The minimum absolute atomic E-state index is 0.0185. The van der Waals surface area contributed by atoms with E-state index in [1.54, 1.807) is 0 Å². The molecule has 1 N–H and O–H groups in total. The molecule has 0 saturated heterocycles. The fourth-order valence-corrected chi connectivity index (χ4v) is 4.94. The molecule has 1 saturated carbocycles. The summed E-state index contributed by atoms with van der Waals surface area (Å²) in [5, 5.41) is 10.0. The highest BCUT2D eigenvalue weighted by atomic mass is 32.1. The summed E-state index contributed by atoms with van der Waals surface area (Å²) in [7, 11) is 0. The van der Waals surface area contributed by atoms with Gasteiger partial charge in [0.2, 0.25) is 5.91 Å². The van der Waals surface area contributed by atoms with Crippen LogP contribution in [-0.4, -0.2) is 33.7 Å². The summed E-state index contributed by atoms with van der Waals surface area (Å²) >= 11 is 1.82. The van der Waals surface area contributed by atoms with Crippen molar-refractivity contribution in [2.24, 2.45) is 0 Å². The zero-order valence-corrected chi connectivity index (χ0v) is 16.8. The number of aromatic nitrogens is 2. The molecule has 3 heterocycles. The Balaban J connectivity index is 1.34. The van der Waals surface area contributed by atoms with Gasteiger partial charge in [-0.2, -0.15) is 5.10 Å². The van der Waals surface area contributed by atoms with Crippen LogP contribution in [0, 0.1) is 0 Å². The van der Waals surface area contributed by atoms with E-state index in [4.69, 9.17) is 5.10 Å². The lowest BCUT2D eigenvalue weighted by Crippen LogP contribution is -2.39. The number of fused-ring (bicyclic) bond motifs is 1. The van der Waals surface area contributed by atoms with Gasteiger partial charge in [-0.05, 0) is 55.3 Å². The van der Waals surface area contributed by atoms with E-state index in [0.29, 0.717) is 12.5 Å². The second-order valence-corrected chi connectivity index (χ2v) is 8.72. The molecule has 5 nitrogen and oxygen atoms in total. The van der Waals surface area contributed by atoms with Gasteiger partial charge in [0.1, 0.15) is 5.82 Å². The summed E-state index contributed by atoms with van der Waals surface area (Å²) in [6.45, 7) is 3.51. The SMILES string of the molecule is CC1c2ccsc2CCN1CC(=O)Nc1cc(C2CC2)nn1-c1ccccc1. The molecule has 0 bridgehead atoms. The molecule has 3 aromatic rings. The smallest absolute Gasteiger partial charge is 0.239 e. The summed E-state index contributed by atoms with van der Waals surface area (Å²) in [6, 6.07) is 14.5. The van der Waals surface area contributed by atoms with Crippen molar-refractivity contribution >= 4 is 23.1 Å². The summed E-state index contributed by atoms with van der Waals surface area (Å²) in [5.41, 5.74) is 3.42. The lowest BCUT2D eigenvalue weighted by molar-refractivity contribution is -0.118. The largest absolute Gasteiger partial charge is 0.309 e. The number of thiophene rings is 1. The van der Waals surface area contributed by atoms with Crippen molar-refractivity contribution in [3.63, 3.8) is 0 Å². The Kier molecular flexibility index (Phi) is 4.53. The molecule has 1 aliphatic heterocycles. The number of anilines is 1. The lowest BCUT2D eigenvalue weighted by atomic mass is 10.0. The second-order valence-electron chi connectivity index (χ2n) is 7.72. The standard InChI is InChI=1S/C22H24N4OS/c1-15-18-10-12-28-20(18)9-11-25(15)14-22(27)23-21-13-19(16-7-8-16)24-26(21)17-5-3-2-4-6-17/h2-6,10,12-13,15-16H,7-9,11,14H2,1H3,(H,23,27). The molecule has 0 spiro atoms. The van der Waals surface area contributed by atoms with E-state index in [1.807, 2.05) is 52.4 Å². The number of hydrogen-bond acceptors (Lipinski definition) is 4. The van der Waals surface area contributed by atoms with Gasteiger partial charge in [-0.1, -0.05) is 18.2 Å². The first kappa shape index (κ1) is 17.6. The highest BCUT2D eigenvalue weighted by Crippen LogP contribution is 2.40. The van der Waals surface area contributed by atoms with Crippen molar-refractivity contribution in [1.82, 2.24) is 14.7 Å². The fourth-order valence-electron chi connectivity index (χ4n) is 3.98. The van der Waals surface area contributed by atoms with Gasteiger partial charge in [0, 0.05) is 29.4 Å². The minimum Gasteiger partial charge on any atom is -0.309 e. The normalized spacial score (nSPS) is 19.4. The van der Waals surface area contributed by atoms with Gasteiger partial charge in [0.15, 0.2) is 0 Å². The molecule has 28 heavy (non-hydrogen) atoms. The van der Waals surface area contributed by atoms with Crippen molar-refractivity contribution in [1.29, 1.82) is 0 Å². The van der Waals surface area contributed by atoms with Crippen LogP contribution in [0.3, 0.4) is 0 Å². The van der Waals surface area contributed by atoms with E-state index in [9.17, 15) is 4.79 Å². The summed E-state index contributed by atoms with van der Waals surface area (Å²) in [4.78, 5) is 16.6. The predicted octanol–water partition coefficient (Wildman–Crippen LogP) is 4.37. The molecule has 1 amide bonds. The van der Waals surface area contributed by atoms with Gasteiger partial charge in [0.25, 0.3) is 0 Å². The number of para-hydroxylation sites is 1. The van der Waals surface area contributed by atoms with Crippen LogP contribution in [0.4, 0.5) is 5.82 Å². The average molecular weight is 393 g/mol. The highest BCUT2D eigenvalue weighted by molar-refractivity contribution is 7.10. The molecule has 144 valence electrons. The van der Waals surface area contributed by atoms with Crippen molar-refractivity contribution in [3.8, 4) is 5.69 Å². The highest BCUT2D eigenvalue weighted by Gasteiger charge is 2.29. The summed E-state index contributed by atoms with van der Waals surface area (Å²) < 4.78 is 1.86. The Hall–Kier alpha value is -2.44. The molecule has 2 aliphatic rings. The molecule has 6 heteroatoms. The van der Waals surface area contributed by atoms with E-state index in [-0.39, 0.29) is 11.9 Å². The average Bonchev–Trinajstić information content (AvgIpc) is 3.29. The van der Waals surface area contributed by atoms with E-state index >= 15 is 0 Å². The third kappa shape index (κ3) is 3.38. The van der Waals surface area contributed by atoms with Crippen LogP contribution in [0.5, 0.6) is 0 Å². The van der Waals surface area contributed by atoms with Crippen LogP contribution in [0.1, 0.15) is 47.9 Å². The minimum atomic E-state index is 0.0185. The number of rotatable bonds is 5. The first-order chi connectivity index (χ1) is 13.7. The van der Waals surface area contributed by atoms with Gasteiger partial charge >= 0.3 is 0 Å². The molecule has 1 fully saturated rings. The van der Waals surface area contributed by atoms with Gasteiger partial charge in [0.05, 0.1) is 17.9 Å². The number of amides is 1. The van der Waals surface area contributed by atoms with E-state index < -0.39 is 0 Å². The Morgan fingerprint density at radius 3 is 2.86 bits per heavy atom. The number of nitrogens with zero attached hydrogens (tertiary/aromatic N) is 3. The zero-order valence-electron chi connectivity index (χ0n) is 16.0. The number of nitrogens with one attached hydrogen (secondary N) is 1. The second kappa shape index (κ2) is 7.18. The van der Waals surface area contributed by atoms with Crippen LogP contribution in [-0.2, 0) is 11.2 Å². The molecule has 1 unspecified atom stereocenters. The maximum atomic E-state index is 12.9. The number of carbonyl (C=O) groups is 1. The summed E-state index contributed by atoms with van der Waals surface area (Å²) in [5.74, 6) is 1.32. The lowest BCUT2D eigenvalue weighted by Gasteiger charge is -2.32. The van der Waals surface area contributed by atoms with Crippen LogP contribution in [0.2, 0.25) is 0 Å². The molecule has 1 aromatic carbocycles. The summed E-state index contributed by atoms with van der Waals surface area (Å²) in [6.07, 6.45) is 3.40. The monoisotopic (exact) mass is 392 g/mol. The van der Waals surface area contributed by atoms with Crippen LogP contribution in [0.15, 0.2) is 47.8 Å². The fraction of sp³-hybridized carbons (Fsp3) is 0.364. The van der Waals surface area contributed by atoms with E-state index in [2.05, 4.69) is 28.6 Å². The third-order valence-electron chi connectivity index (χ3n) is 5.74. The Morgan fingerprint density at radius 1 is 1.25 bits per heavy atom. The van der Waals surface area contributed by atoms with Gasteiger partial charge in [-0.15, -0.1) is 11.3 Å². The van der Waals surface area contributed by atoms with Crippen LogP contribution >= 0.6 is 11.3 Å². The van der Waals surface area contributed by atoms with Crippen molar-refractivity contribution in [3.05, 3.63) is 64.0 Å². The number of carbonyl (C=O) groups excluding carboxylic acids is 1. The topological polar surface area (TPSA) is 50.2 Å². The first-order valence-corrected chi connectivity index (χ1v) is 10.8. The molecule has 1 aliphatic carbocycles. The molecule has 0 radical (unpaired) electrons. The molecular weight excluding hydrogens is 368 g/mol. The Bertz CT molecular complexity index is 989. The quantitative estimate of drug-likeness (QED) is 0.701. The van der Waals surface area contributed by atoms with Crippen molar-refractivity contribution in [2.45, 2.75) is 38.1 Å². The van der Waals surface area contributed by atoms with Crippen LogP contribution < -0.4 is 5.32 Å². The first-order valence-electron chi connectivity index (χ1n) is 9.94. The van der Waals surface area contributed by atoms with E-state index in [0.717, 1.165) is 30.2 Å². The maximum Gasteiger partial charge on any atom is 0.239 e. The van der Waals surface area contributed by atoms with Crippen molar-refractivity contribution in [2.75, 3.05) is 18.4 Å². The predicted molar refractivity (Wildman–Crippen MR) is 112 cm³/mol. The van der Waals surface area contributed by atoms with Gasteiger partial charge in [-0.25, -0.2) is 4.68 Å². The van der Waals surface area contributed by atoms with Gasteiger partial charge in [-0.3, -0.25) is 9.69 Å². The maximum absolute atomic E-state index is 12.9. The van der Waals surface area contributed by atoms with Crippen molar-refractivity contribution < 1.29 is 4.79 Å². The third-order valence-corrected chi connectivity index (χ3v) is 6.74. The molecular formula is C22H24N4OS. The van der Waals surface area contributed by atoms with Crippen LogP contribution in [0.25, 0.3) is 5.69 Å².